The normalized spacial score (nSPS) is 14.6. The maximum atomic E-state index is 12.2. The molecule has 1 fully saturated rings. The fourth-order valence-corrected chi connectivity index (χ4v) is 2.29. The second-order valence-corrected chi connectivity index (χ2v) is 5.02. The number of hydrogen-bond acceptors (Lipinski definition) is 5. The molecule has 22 heavy (non-hydrogen) atoms. The van der Waals surface area contributed by atoms with Crippen molar-refractivity contribution >= 4 is 11.7 Å². The fourth-order valence-electron chi connectivity index (χ4n) is 2.29. The highest BCUT2D eigenvalue weighted by Crippen LogP contribution is 2.13. The minimum absolute atomic E-state index is 0.174. The second-order valence-electron chi connectivity index (χ2n) is 5.02. The van der Waals surface area contributed by atoms with E-state index in [4.69, 9.17) is 4.74 Å². The molecule has 3 rings (SSSR count). The van der Waals surface area contributed by atoms with E-state index in [2.05, 4.69) is 20.2 Å². The Morgan fingerprint density at radius 3 is 2.73 bits per heavy atom. The first kappa shape index (κ1) is 14.5. The van der Waals surface area contributed by atoms with Gasteiger partial charge in [0.2, 0.25) is 0 Å². The molecular formula is C16H18N4O2. The number of hydrogen-bond donors (Lipinski definition) is 1. The topological polar surface area (TPSA) is 67.4 Å². The van der Waals surface area contributed by atoms with Crippen LogP contribution in [-0.2, 0) is 11.3 Å². The van der Waals surface area contributed by atoms with Crippen LogP contribution in [-0.4, -0.2) is 42.2 Å². The minimum atomic E-state index is -0.174. The lowest BCUT2D eigenvalue weighted by Gasteiger charge is -2.27. The molecule has 3 heterocycles. The van der Waals surface area contributed by atoms with E-state index in [0.717, 1.165) is 24.5 Å². The first-order valence-corrected chi connectivity index (χ1v) is 7.30. The Morgan fingerprint density at radius 2 is 1.95 bits per heavy atom. The Morgan fingerprint density at radius 1 is 1.18 bits per heavy atom. The molecule has 1 N–H and O–H groups in total. The first-order valence-electron chi connectivity index (χ1n) is 7.30. The van der Waals surface area contributed by atoms with Gasteiger partial charge in [-0.2, -0.15) is 0 Å². The first-order chi connectivity index (χ1) is 10.8. The summed E-state index contributed by atoms with van der Waals surface area (Å²) in [6, 6.07) is 9.26. The van der Waals surface area contributed by atoms with Gasteiger partial charge >= 0.3 is 0 Å². The second kappa shape index (κ2) is 7.00. The Labute approximate surface area is 129 Å². The van der Waals surface area contributed by atoms with Crippen LogP contribution in [0.2, 0.25) is 0 Å². The number of rotatable bonds is 4. The summed E-state index contributed by atoms with van der Waals surface area (Å²) in [7, 11) is 0. The van der Waals surface area contributed by atoms with E-state index < -0.39 is 0 Å². The van der Waals surface area contributed by atoms with Crippen molar-refractivity contribution < 1.29 is 9.53 Å². The molecule has 0 bridgehead atoms. The summed E-state index contributed by atoms with van der Waals surface area (Å²) >= 11 is 0. The van der Waals surface area contributed by atoms with Gasteiger partial charge in [-0.3, -0.25) is 9.78 Å². The molecule has 2 aromatic heterocycles. The van der Waals surface area contributed by atoms with Crippen molar-refractivity contribution in [1.82, 2.24) is 15.3 Å². The summed E-state index contributed by atoms with van der Waals surface area (Å²) < 4.78 is 5.33. The van der Waals surface area contributed by atoms with Crippen LogP contribution < -0.4 is 10.2 Å². The van der Waals surface area contributed by atoms with E-state index in [9.17, 15) is 4.79 Å². The van der Waals surface area contributed by atoms with Crippen LogP contribution in [0.5, 0.6) is 0 Å². The van der Waals surface area contributed by atoms with Crippen LogP contribution in [0.4, 0.5) is 5.82 Å². The summed E-state index contributed by atoms with van der Waals surface area (Å²) in [6.45, 7) is 3.45. The van der Waals surface area contributed by atoms with Gasteiger partial charge in [0, 0.05) is 32.0 Å². The van der Waals surface area contributed by atoms with E-state index in [1.54, 1.807) is 18.5 Å². The monoisotopic (exact) mass is 298 g/mol. The number of aromatic nitrogens is 2. The molecule has 0 unspecified atom stereocenters. The molecule has 1 aliphatic rings. The average molecular weight is 298 g/mol. The van der Waals surface area contributed by atoms with Gasteiger partial charge in [0.1, 0.15) is 11.5 Å². The number of nitrogens with one attached hydrogen (secondary N) is 1. The van der Waals surface area contributed by atoms with E-state index in [0.29, 0.717) is 25.5 Å². The lowest BCUT2D eigenvalue weighted by atomic mass is 10.2. The van der Waals surface area contributed by atoms with E-state index in [1.807, 2.05) is 24.3 Å². The molecule has 0 atom stereocenters. The zero-order valence-corrected chi connectivity index (χ0v) is 12.2. The lowest BCUT2D eigenvalue weighted by molar-refractivity contribution is 0.0946. The molecular weight excluding hydrogens is 280 g/mol. The number of ether oxygens (including phenoxy) is 1. The number of anilines is 1. The highest BCUT2D eigenvalue weighted by atomic mass is 16.5. The van der Waals surface area contributed by atoms with Gasteiger partial charge in [-0.1, -0.05) is 6.07 Å². The number of amides is 1. The third-order valence-electron chi connectivity index (χ3n) is 3.50. The molecule has 0 spiro atoms. The maximum absolute atomic E-state index is 12.2. The van der Waals surface area contributed by atoms with Crippen LogP contribution >= 0.6 is 0 Å². The Kier molecular flexibility index (Phi) is 4.60. The van der Waals surface area contributed by atoms with E-state index in [1.165, 1.54) is 0 Å². The van der Waals surface area contributed by atoms with Crippen molar-refractivity contribution in [3.05, 3.63) is 54.0 Å². The van der Waals surface area contributed by atoms with E-state index >= 15 is 0 Å². The fraction of sp³-hybridized carbons (Fsp3) is 0.312. The summed E-state index contributed by atoms with van der Waals surface area (Å²) in [5.74, 6) is 0.645. The molecule has 0 aliphatic carbocycles. The van der Waals surface area contributed by atoms with Crippen molar-refractivity contribution in [2.45, 2.75) is 6.54 Å². The zero-order valence-electron chi connectivity index (χ0n) is 12.2. The number of carbonyl (C=O) groups is 1. The zero-order chi connectivity index (χ0) is 15.2. The van der Waals surface area contributed by atoms with Gasteiger partial charge < -0.3 is 15.0 Å². The van der Waals surface area contributed by atoms with Crippen LogP contribution in [0, 0.1) is 0 Å². The predicted octanol–water partition coefficient (Wildman–Crippen LogP) is 1.24. The number of carbonyl (C=O) groups excluding carboxylic acids is 1. The molecule has 114 valence electrons. The van der Waals surface area contributed by atoms with Crippen LogP contribution in [0.15, 0.2) is 42.7 Å². The molecule has 1 saturated heterocycles. The maximum Gasteiger partial charge on any atom is 0.270 e. The molecule has 0 saturated carbocycles. The van der Waals surface area contributed by atoms with E-state index in [-0.39, 0.29) is 5.91 Å². The van der Waals surface area contributed by atoms with Crippen LogP contribution in [0.25, 0.3) is 0 Å². The average Bonchev–Trinajstić information content (AvgIpc) is 2.61. The number of morpholine rings is 1. The Balaban J connectivity index is 1.64. The van der Waals surface area contributed by atoms with Crippen LogP contribution in [0.3, 0.4) is 0 Å². The number of pyridine rings is 2. The molecule has 1 aliphatic heterocycles. The van der Waals surface area contributed by atoms with Crippen molar-refractivity contribution in [2.75, 3.05) is 31.2 Å². The molecule has 0 radical (unpaired) electrons. The summed E-state index contributed by atoms with van der Waals surface area (Å²) in [5.41, 5.74) is 1.44. The third kappa shape index (κ3) is 3.59. The summed E-state index contributed by atoms with van der Waals surface area (Å²) in [6.07, 6.45) is 3.41. The quantitative estimate of drug-likeness (QED) is 0.920. The lowest BCUT2D eigenvalue weighted by Crippen LogP contribution is -2.37. The third-order valence-corrected chi connectivity index (χ3v) is 3.50. The summed E-state index contributed by atoms with van der Waals surface area (Å²) in [5, 5.41) is 2.87. The smallest absolute Gasteiger partial charge is 0.270 e. The molecule has 1 amide bonds. The van der Waals surface area contributed by atoms with Gasteiger partial charge in [-0.15, -0.1) is 0 Å². The molecule has 2 aromatic rings. The van der Waals surface area contributed by atoms with Crippen LogP contribution in [0.1, 0.15) is 16.1 Å². The largest absolute Gasteiger partial charge is 0.378 e. The van der Waals surface area contributed by atoms with Crippen molar-refractivity contribution in [1.29, 1.82) is 0 Å². The minimum Gasteiger partial charge on any atom is -0.378 e. The Hall–Kier alpha value is -2.47. The predicted molar refractivity (Wildman–Crippen MR) is 82.7 cm³/mol. The van der Waals surface area contributed by atoms with Crippen molar-refractivity contribution in [2.24, 2.45) is 0 Å². The Bertz CT molecular complexity index is 627. The highest BCUT2D eigenvalue weighted by Gasteiger charge is 2.14. The molecule has 6 nitrogen and oxygen atoms in total. The van der Waals surface area contributed by atoms with Crippen molar-refractivity contribution in [3.8, 4) is 0 Å². The molecule has 0 aromatic carbocycles. The molecule has 6 heteroatoms. The van der Waals surface area contributed by atoms with Gasteiger partial charge in [0.25, 0.3) is 5.91 Å². The number of nitrogens with zero attached hydrogens (tertiary/aromatic N) is 3. The van der Waals surface area contributed by atoms with Gasteiger partial charge in [-0.05, 0) is 29.8 Å². The van der Waals surface area contributed by atoms with Crippen molar-refractivity contribution in [3.63, 3.8) is 0 Å². The SMILES string of the molecule is O=C(NCc1ccncc1)c1cccc(N2CCOCC2)n1. The highest BCUT2D eigenvalue weighted by molar-refractivity contribution is 5.92. The van der Waals surface area contributed by atoms with Gasteiger partial charge in [0.05, 0.1) is 13.2 Å². The van der Waals surface area contributed by atoms with Gasteiger partial charge in [0.15, 0.2) is 0 Å². The summed E-state index contributed by atoms with van der Waals surface area (Å²) in [4.78, 5) is 22.8. The standard InChI is InChI=1S/C16H18N4O2/c21-16(18-12-13-4-6-17-7-5-13)14-2-1-3-15(19-14)20-8-10-22-11-9-20/h1-7H,8-12H2,(H,18,21). The van der Waals surface area contributed by atoms with Gasteiger partial charge in [-0.25, -0.2) is 4.98 Å².